The summed E-state index contributed by atoms with van der Waals surface area (Å²) in [5, 5.41) is 4.32. The zero-order valence-corrected chi connectivity index (χ0v) is 19.3. The van der Waals surface area contributed by atoms with Crippen LogP contribution in [-0.4, -0.2) is 43.0 Å². The lowest BCUT2D eigenvalue weighted by atomic mass is 10.0. The molecule has 170 valence electrons. The maximum atomic E-state index is 13.3. The summed E-state index contributed by atoms with van der Waals surface area (Å²) in [4.78, 5) is 39.6. The Bertz CT molecular complexity index is 1220. The lowest BCUT2D eigenvalue weighted by molar-refractivity contribution is -0.119. The molecule has 3 aromatic rings. The summed E-state index contributed by atoms with van der Waals surface area (Å²) in [6.45, 7) is 4.96. The molecule has 5 rings (SSSR count). The van der Waals surface area contributed by atoms with E-state index in [4.69, 9.17) is 9.97 Å². The number of benzene rings is 1. The maximum absolute atomic E-state index is 13.3. The largest absolute Gasteiger partial charge is 0.328 e. The Labute approximate surface area is 193 Å². The van der Waals surface area contributed by atoms with Crippen LogP contribution in [0.1, 0.15) is 64.0 Å². The average Bonchev–Trinajstić information content (AvgIpc) is 3.42. The van der Waals surface area contributed by atoms with Crippen molar-refractivity contribution in [2.45, 2.75) is 52.1 Å². The van der Waals surface area contributed by atoms with Crippen molar-refractivity contribution in [2.75, 3.05) is 11.4 Å². The SMILES string of the molecule is Cc1nn(C)cc1C(=O)N1CCCC1c1nc(C)c2c(n1)N(Cc1ccccc1)C(=O)CC2. The molecule has 1 fully saturated rings. The zero-order valence-electron chi connectivity index (χ0n) is 19.3. The number of nitrogens with zero attached hydrogens (tertiary/aromatic N) is 6. The molecule has 0 radical (unpaired) electrons. The number of aryl methyl sites for hydroxylation is 3. The Morgan fingerprint density at radius 3 is 2.61 bits per heavy atom. The molecule has 2 aliphatic heterocycles. The molecule has 0 saturated carbocycles. The molecular weight excluding hydrogens is 416 g/mol. The van der Waals surface area contributed by atoms with Gasteiger partial charge < -0.3 is 4.90 Å². The molecule has 2 amide bonds. The highest BCUT2D eigenvalue weighted by Crippen LogP contribution is 2.36. The van der Waals surface area contributed by atoms with Gasteiger partial charge in [0.2, 0.25) is 5.91 Å². The van der Waals surface area contributed by atoms with Crippen LogP contribution in [0.25, 0.3) is 0 Å². The summed E-state index contributed by atoms with van der Waals surface area (Å²) in [6, 6.07) is 9.74. The molecule has 1 aromatic carbocycles. The average molecular weight is 445 g/mol. The number of amides is 2. The summed E-state index contributed by atoms with van der Waals surface area (Å²) in [5.41, 5.74) is 4.29. The highest BCUT2D eigenvalue weighted by atomic mass is 16.2. The van der Waals surface area contributed by atoms with Gasteiger partial charge in [-0.05, 0) is 38.7 Å². The van der Waals surface area contributed by atoms with Crippen LogP contribution in [0.4, 0.5) is 5.82 Å². The van der Waals surface area contributed by atoms with Crippen molar-refractivity contribution >= 4 is 17.6 Å². The van der Waals surface area contributed by atoms with Gasteiger partial charge in [-0.2, -0.15) is 5.10 Å². The number of likely N-dealkylation sites (tertiary alicyclic amines) is 1. The normalized spacial score (nSPS) is 18.0. The van der Waals surface area contributed by atoms with Crippen molar-refractivity contribution in [3.05, 3.63) is 70.4 Å². The summed E-state index contributed by atoms with van der Waals surface area (Å²) >= 11 is 0. The van der Waals surface area contributed by atoms with E-state index in [0.29, 0.717) is 43.1 Å². The Balaban J connectivity index is 1.50. The Morgan fingerprint density at radius 2 is 1.88 bits per heavy atom. The fourth-order valence-corrected chi connectivity index (χ4v) is 4.92. The lowest BCUT2D eigenvalue weighted by Gasteiger charge is -2.31. The fraction of sp³-hybridized carbons (Fsp3) is 0.400. The van der Waals surface area contributed by atoms with E-state index in [1.54, 1.807) is 15.8 Å². The molecule has 1 atom stereocenters. The van der Waals surface area contributed by atoms with E-state index in [-0.39, 0.29) is 17.9 Å². The Hall–Kier alpha value is -3.55. The molecule has 0 bridgehead atoms. The van der Waals surface area contributed by atoms with E-state index in [1.807, 2.05) is 56.1 Å². The van der Waals surface area contributed by atoms with Crippen molar-refractivity contribution in [3.63, 3.8) is 0 Å². The van der Waals surface area contributed by atoms with Crippen LogP contribution in [0, 0.1) is 13.8 Å². The number of carbonyl (C=O) groups is 2. The number of carbonyl (C=O) groups excluding carboxylic acids is 2. The van der Waals surface area contributed by atoms with Crippen molar-refractivity contribution in [1.29, 1.82) is 0 Å². The monoisotopic (exact) mass is 444 g/mol. The third-order valence-corrected chi connectivity index (χ3v) is 6.59. The van der Waals surface area contributed by atoms with Crippen LogP contribution >= 0.6 is 0 Å². The molecule has 1 saturated heterocycles. The first-order valence-corrected chi connectivity index (χ1v) is 11.5. The second kappa shape index (κ2) is 8.42. The van der Waals surface area contributed by atoms with E-state index in [9.17, 15) is 9.59 Å². The quantitative estimate of drug-likeness (QED) is 0.617. The third kappa shape index (κ3) is 3.90. The third-order valence-electron chi connectivity index (χ3n) is 6.59. The number of rotatable bonds is 4. The van der Waals surface area contributed by atoms with Crippen molar-refractivity contribution in [1.82, 2.24) is 24.6 Å². The van der Waals surface area contributed by atoms with Crippen molar-refractivity contribution in [3.8, 4) is 0 Å². The van der Waals surface area contributed by atoms with Gasteiger partial charge in [0.05, 0.1) is 23.8 Å². The molecular formula is C25H28N6O2. The number of fused-ring (bicyclic) bond motifs is 1. The zero-order chi connectivity index (χ0) is 23.1. The Kier molecular flexibility index (Phi) is 5.44. The van der Waals surface area contributed by atoms with Gasteiger partial charge in [-0.25, -0.2) is 9.97 Å². The minimum Gasteiger partial charge on any atom is -0.328 e. The molecule has 33 heavy (non-hydrogen) atoms. The first-order valence-electron chi connectivity index (χ1n) is 11.5. The molecule has 8 nitrogen and oxygen atoms in total. The summed E-state index contributed by atoms with van der Waals surface area (Å²) in [5.74, 6) is 1.33. The van der Waals surface area contributed by atoms with Gasteiger partial charge in [0.1, 0.15) is 5.82 Å². The van der Waals surface area contributed by atoms with Crippen molar-refractivity contribution < 1.29 is 9.59 Å². The number of anilines is 1. The van der Waals surface area contributed by atoms with Crippen LogP contribution in [-0.2, 0) is 24.8 Å². The molecule has 1 unspecified atom stereocenters. The number of aromatic nitrogens is 4. The van der Waals surface area contributed by atoms with Gasteiger partial charge in [0, 0.05) is 37.5 Å². The highest BCUT2D eigenvalue weighted by molar-refractivity contribution is 5.96. The molecule has 0 spiro atoms. The van der Waals surface area contributed by atoms with Gasteiger partial charge in [-0.15, -0.1) is 0 Å². The van der Waals surface area contributed by atoms with E-state index in [0.717, 1.165) is 35.4 Å². The van der Waals surface area contributed by atoms with Crippen LogP contribution in [0.5, 0.6) is 0 Å². The van der Waals surface area contributed by atoms with Gasteiger partial charge in [-0.1, -0.05) is 30.3 Å². The van der Waals surface area contributed by atoms with Gasteiger partial charge >= 0.3 is 0 Å². The lowest BCUT2D eigenvalue weighted by Crippen LogP contribution is -2.37. The summed E-state index contributed by atoms with van der Waals surface area (Å²) in [6.07, 6.45) is 4.56. The van der Waals surface area contributed by atoms with E-state index in [1.165, 1.54) is 0 Å². The van der Waals surface area contributed by atoms with Crippen LogP contribution in [0.15, 0.2) is 36.5 Å². The Morgan fingerprint density at radius 1 is 1.09 bits per heavy atom. The number of hydrogen-bond acceptors (Lipinski definition) is 5. The molecule has 0 N–H and O–H groups in total. The van der Waals surface area contributed by atoms with Gasteiger partial charge in [0.25, 0.3) is 5.91 Å². The van der Waals surface area contributed by atoms with Crippen LogP contribution in [0.3, 0.4) is 0 Å². The van der Waals surface area contributed by atoms with E-state index < -0.39 is 0 Å². The van der Waals surface area contributed by atoms with Gasteiger partial charge in [0.15, 0.2) is 5.82 Å². The second-order valence-electron chi connectivity index (χ2n) is 8.89. The fourth-order valence-electron chi connectivity index (χ4n) is 4.92. The number of hydrogen-bond donors (Lipinski definition) is 0. The standard InChI is InChI=1S/C25H28N6O2/c1-16-19-11-12-22(32)31(14-18-8-5-4-6-9-18)24(19)27-23(26-16)21-10-7-13-30(21)25(33)20-15-29(3)28-17(20)2/h4-6,8-9,15,21H,7,10-14H2,1-3H3. The van der Waals surface area contributed by atoms with Crippen molar-refractivity contribution in [2.24, 2.45) is 7.05 Å². The molecule has 2 aromatic heterocycles. The highest BCUT2D eigenvalue weighted by Gasteiger charge is 2.36. The predicted molar refractivity (Wildman–Crippen MR) is 124 cm³/mol. The molecule has 4 heterocycles. The van der Waals surface area contributed by atoms with E-state index in [2.05, 4.69) is 5.10 Å². The summed E-state index contributed by atoms with van der Waals surface area (Å²) < 4.78 is 1.67. The minimum atomic E-state index is -0.211. The second-order valence-corrected chi connectivity index (χ2v) is 8.89. The summed E-state index contributed by atoms with van der Waals surface area (Å²) in [7, 11) is 1.82. The molecule has 8 heteroatoms. The van der Waals surface area contributed by atoms with Crippen LogP contribution in [0.2, 0.25) is 0 Å². The molecule has 0 aliphatic carbocycles. The van der Waals surface area contributed by atoms with Crippen LogP contribution < -0.4 is 4.90 Å². The van der Waals surface area contributed by atoms with Gasteiger partial charge in [-0.3, -0.25) is 19.2 Å². The smallest absolute Gasteiger partial charge is 0.257 e. The van der Waals surface area contributed by atoms with E-state index >= 15 is 0 Å². The topological polar surface area (TPSA) is 84.2 Å². The maximum Gasteiger partial charge on any atom is 0.257 e. The predicted octanol–water partition coefficient (Wildman–Crippen LogP) is 3.28. The first kappa shape index (κ1) is 21.3. The first-order chi connectivity index (χ1) is 15.9. The minimum absolute atomic E-state index is 0.0423. The molecule has 2 aliphatic rings.